The number of fused-ring (bicyclic) bond motifs is 1. The lowest BCUT2D eigenvalue weighted by atomic mass is 10.0. The summed E-state index contributed by atoms with van der Waals surface area (Å²) >= 11 is 1.88. The fourth-order valence-electron chi connectivity index (χ4n) is 3.23. The maximum atomic E-state index is 9.81. The molecular weight excluding hydrogens is 308 g/mol. The number of hydrogen-bond acceptors (Lipinski definition) is 5. The van der Waals surface area contributed by atoms with E-state index in [-0.39, 0.29) is 6.10 Å². The van der Waals surface area contributed by atoms with E-state index in [2.05, 4.69) is 40.5 Å². The van der Waals surface area contributed by atoms with Gasteiger partial charge in [0.1, 0.15) is 0 Å². The number of aliphatic hydroxyl groups is 1. The first-order valence-electron chi connectivity index (χ1n) is 8.35. The average molecular weight is 334 g/mol. The number of nitrogens with one attached hydrogen (secondary N) is 1. The number of thiophene rings is 1. The maximum Gasteiger partial charge on any atom is 0.0900 e. The van der Waals surface area contributed by atoms with Crippen molar-refractivity contribution in [2.24, 2.45) is 0 Å². The molecule has 1 atom stereocenters. The van der Waals surface area contributed by atoms with Gasteiger partial charge in [-0.2, -0.15) is 0 Å². The van der Waals surface area contributed by atoms with Gasteiger partial charge < -0.3 is 20.1 Å². The fraction of sp³-hybridized carbons (Fsp3) is 0.556. The molecule has 0 radical (unpaired) electrons. The third kappa shape index (κ3) is 4.75. The molecule has 3 rings (SSSR count). The van der Waals surface area contributed by atoms with E-state index < -0.39 is 0 Å². The number of nitrogens with zero attached hydrogens (tertiary/aromatic N) is 1. The molecule has 1 saturated heterocycles. The summed E-state index contributed by atoms with van der Waals surface area (Å²) in [6.45, 7) is 4.19. The van der Waals surface area contributed by atoms with Gasteiger partial charge in [-0.05, 0) is 43.5 Å². The van der Waals surface area contributed by atoms with Crippen LogP contribution in [0.15, 0.2) is 30.3 Å². The first-order valence-corrected chi connectivity index (χ1v) is 9.16. The van der Waals surface area contributed by atoms with Crippen LogP contribution in [-0.4, -0.2) is 55.5 Å². The highest BCUT2D eigenvalue weighted by Gasteiger charge is 2.20. The molecule has 126 valence electrons. The SMILES string of the molecule is COCC(O)CN1CCC(NCc2cc3ccccc3s2)CC1. The summed E-state index contributed by atoms with van der Waals surface area (Å²) in [5.41, 5.74) is 0. The lowest BCUT2D eigenvalue weighted by molar-refractivity contribution is 0.0310. The number of likely N-dealkylation sites (tertiary alicyclic amines) is 1. The highest BCUT2D eigenvalue weighted by atomic mass is 32.1. The van der Waals surface area contributed by atoms with E-state index in [0.29, 0.717) is 12.6 Å². The van der Waals surface area contributed by atoms with E-state index in [1.807, 2.05) is 11.3 Å². The van der Waals surface area contributed by atoms with Crippen molar-refractivity contribution in [2.45, 2.75) is 31.5 Å². The smallest absolute Gasteiger partial charge is 0.0900 e. The summed E-state index contributed by atoms with van der Waals surface area (Å²) in [5, 5.41) is 14.8. The normalized spacial score (nSPS) is 18.5. The van der Waals surface area contributed by atoms with Crippen molar-refractivity contribution in [3.05, 3.63) is 35.2 Å². The van der Waals surface area contributed by atoms with Gasteiger partial charge >= 0.3 is 0 Å². The highest BCUT2D eigenvalue weighted by Crippen LogP contribution is 2.25. The van der Waals surface area contributed by atoms with Crippen molar-refractivity contribution in [2.75, 3.05) is 33.4 Å². The second-order valence-corrected chi connectivity index (χ2v) is 7.48. The lowest BCUT2D eigenvalue weighted by Crippen LogP contribution is -2.45. The number of aliphatic hydroxyl groups excluding tert-OH is 1. The van der Waals surface area contributed by atoms with E-state index >= 15 is 0 Å². The summed E-state index contributed by atoms with van der Waals surface area (Å²) in [6, 6.07) is 11.4. The molecule has 23 heavy (non-hydrogen) atoms. The van der Waals surface area contributed by atoms with Crippen LogP contribution in [0.1, 0.15) is 17.7 Å². The van der Waals surface area contributed by atoms with Crippen LogP contribution in [-0.2, 0) is 11.3 Å². The number of benzene rings is 1. The van der Waals surface area contributed by atoms with Gasteiger partial charge in [-0.1, -0.05) is 18.2 Å². The molecule has 0 aliphatic carbocycles. The quantitative estimate of drug-likeness (QED) is 0.816. The van der Waals surface area contributed by atoms with Crippen molar-refractivity contribution in [1.29, 1.82) is 0 Å². The summed E-state index contributed by atoms with van der Waals surface area (Å²) < 4.78 is 6.36. The lowest BCUT2D eigenvalue weighted by Gasteiger charge is -2.33. The predicted molar refractivity (Wildman–Crippen MR) is 96.0 cm³/mol. The number of β-amino-alcohol motifs (C(OH)–C–C–N with tert-alkyl or cyclic N) is 1. The van der Waals surface area contributed by atoms with E-state index in [1.165, 1.54) is 15.0 Å². The van der Waals surface area contributed by atoms with Gasteiger partial charge in [-0.25, -0.2) is 0 Å². The zero-order valence-corrected chi connectivity index (χ0v) is 14.5. The van der Waals surface area contributed by atoms with E-state index in [0.717, 1.165) is 39.0 Å². The second kappa shape index (κ2) is 8.22. The summed E-state index contributed by atoms with van der Waals surface area (Å²) in [6.07, 6.45) is 1.91. The molecule has 1 aliphatic heterocycles. The molecule has 1 unspecified atom stereocenters. The van der Waals surface area contributed by atoms with Gasteiger partial charge in [0.2, 0.25) is 0 Å². The Kier molecular flexibility index (Phi) is 6.02. The Morgan fingerprint density at radius 1 is 1.35 bits per heavy atom. The predicted octanol–water partition coefficient (Wildman–Crippen LogP) is 2.46. The molecule has 0 bridgehead atoms. The molecular formula is C18H26N2O2S. The molecule has 1 aromatic heterocycles. The first kappa shape index (κ1) is 16.9. The molecule has 0 amide bonds. The van der Waals surface area contributed by atoms with Crippen molar-refractivity contribution in [3.8, 4) is 0 Å². The number of hydrogen-bond donors (Lipinski definition) is 2. The molecule has 2 N–H and O–H groups in total. The van der Waals surface area contributed by atoms with Gasteiger partial charge in [-0.3, -0.25) is 0 Å². The minimum absolute atomic E-state index is 0.372. The Morgan fingerprint density at radius 2 is 2.13 bits per heavy atom. The molecule has 1 fully saturated rings. The molecule has 0 spiro atoms. The maximum absolute atomic E-state index is 9.81. The van der Waals surface area contributed by atoms with E-state index in [4.69, 9.17) is 4.74 Å². The monoisotopic (exact) mass is 334 g/mol. The van der Waals surface area contributed by atoms with Crippen molar-refractivity contribution >= 4 is 21.4 Å². The molecule has 4 nitrogen and oxygen atoms in total. The van der Waals surface area contributed by atoms with Gasteiger partial charge in [0, 0.05) is 35.8 Å². The van der Waals surface area contributed by atoms with Crippen LogP contribution >= 0.6 is 11.3 Å². The zero-order valence-electron chi connectivity index (χ0n) is 13.7. The van der Waals surface area contributed by atoms with Crippen molar-refractivity contribution in [1.82, 2.24) is 10.2 Å². The minimum Gasteiger partial charge on any atom is -0.389 e. The third-order valence-electron chi connectivity index (χ3n) is 4.46. The van der Waals surface area contributed by atoms with Gasteiger partial charge in [0.25, 0.3) is 0 Å². The second-order valence-electron chi connectivity index (χ2n) is 6.32. The Hall–Kier alpha value is -0.980. The molecule has 2 heterocycles. The van der Waals surface area contributed by atoms with Crippen LogP contribution in [0.4, 0.5) is 0 Å². The summed E-state index contributed by atoms with van der Waals surface area (Å²) in [4.78, 5) is 3.74. The van der Waals surface area contributed by atoms with Crippen LogP contribution in [0.5, 0.6) is 0 Å². The van der Waals surface area contributed by atoms with Crippen LogP contribution in [0.3, 0.4) is 0 Å². The Morgan fingerprint density at radius 3 is 2.87 bits per heavy atom. The number of methoxy groups -OCH3 is 1. The molecule has 1 aliphatic rings. The Balaban J connectivity index is 1.42. The molecule has 0 saturated carbocycles. The fourth-order valence-corrected chi connectivity index (χ4v) is 4.25. The van der Waals surface area contributed by atoms with E-state index in [9.17, 15) is 5.11 Å². The number of rotatable bonds is 7. The first-order chi connectivity index (χ1) is 11.2. The standard InChI is InChI=1S/C18H26N2O2S/c1-22-13-16(21)12-20-8-6-15(7-9-20)19-11-17-10-14-4-2-3-5-18(14)23-17/h2-5,10,15-16,19,21H,6-9,11-13H2,1H3. The summed E-state index contributed by atoms with van der Waals surface area (Å²) in [5.74, 6) is 0. The molecule has 2 aromatic rings. The molecule has 1 aromatic carbocycles. The van der Waals surface area contributed by atoms with Crippen LogP contribution in [0, 0.1) is 0 Å². The van der Waals surface area contributed by atoms with Crippen molar-refractivity contribution in [3.63, 3.8) is 0 Å². The van der Waals surface area contributed by atoms with Crippen LogP contribution < -0.4 is 5.32 Å². The van der Waals surface area contributed by atoms with Crippen LogP contribution in [0.2, 0.25) is 0 Å². The number of piperidine rings is 1. The Labute approximate surface area is 142 Å². The zero-order chi connectivity index (χ0) is 16.1. The van der Waals surface area contributed by atoms with Crippen molar-refractivity contribution < 1.29 is 9.84 Å². The topological polar surface area (TPSA) is 44.7 Å². The number of ether oxygens (including phenoxy) is 1. The third-order valence-corrected chi connectivity index (χ3v) is 5.57. The van der Waals surface area contributed by atoms with E-state index in [1.54, 1.807) is 7.11 Å². The largest absolute Gasteiger partial charge is 0.389 e. The van der Waals surface area contributed by atoms with Gasteiger partial charge in [-0.15, -0.1) is 11.3 Å². The highest BCUT2D eigenvalue weighted by molar-refractivity contribution is 7.19. The van der Waals surface area contributed by atoms with Crippen LogP contribution in [0.25, 0.3) is 10.1 Å². The minimum atomic E-state index is -0.372. The Bertz CT molecular complexity index is 575. The molecule has 5 heteroatoms. The van der Waals surface area contributed by atoms with Gasteiger partial charge in [0.05, 0.1) is 12.7 Å². The van der Waals surface area contributed by atoms with Gasteiger partial charge in [0.15, 0.2) is 0 Å². The summed E-state index contributed by atoms with van der Waals surface area (Å²) in [7, 11) is 1.63. The average Bonchev–Trinajstić information content (AvgIpc) is 2.97.